The summed E-state index contributed by atoms with van der Waals surface area (Å²) in [6.45, 7) is 3.50. The maximum atomic E-state index is 12.6. The summed E-state index contributed by atoms with van der Waals surface area (Å²) >= 11 is 0. The minimum Gasteiger partial charge on any atom is -0.324 e. The van der Waals surface area contributed by atoms with Gasteiger partial charge in [0.2, 0.25) is 5.91 Å². The van der Waals surface area contributed by atoms with Gasteiger partial charge >= 0.3 is 0 Å². The summed E-state index contributed by atoms with van der Waals surface area (Å²) in [4.78, 5) is 25.0. The monoisotopic (exact) mass is 307 g/mol. The van der Waals surface area contributed by atoms with Gasteiger partial charge in [-0.3, -0.25) is 9.59 Å². The number of benzene rings is 2. The van der Waals surface area contributed by atoms with E-state index in [-0.39, 0.29) is 11.5 Å². The van der Waals surface area contributed by atoms with Gasteiger partial charge in [-0.05, 0) is 32.0 Å². The molecule has 0 saturated heterocycles. The van der Waals surface area contributed by atoms with Crippen molar-refractivity contribution in [3.8, 4) is 0 Å². The Bertz CT molecular complexity index is 916. The van der Waals surface area contributed by atoms with Crippen LogP contribution in [0.2, 0.25) is 0 Å². The van der Waals surface area contributed by atoms with Crippen LogP contribution in [-0.4, -0.2) is 15.7 Å². The Hall–Kier alpha value is -2.95. The van der Waals surface area contributed by atoms with Gasteiger partial charge in [0.25, 0.3) is 5.56 Å². The van der Waals surface area contributed by atoms with Gasteiger partial charge in [0.1, 0.15) is 6.04 Å². The summed E-state index contributed by atoms with van der Waals surface area (Å²) in [5.41, 5.74) is 1.15. The summed E-state index contributed by atoms with van der Waals surface area (Å²) in [7, 11) is 0. The van der Waals surface area contributed by atoms with Gasteiger partial charge in [-0.15, -0.1) is 0 Å². The van der Waals surface area contributed by atoms with Crippen LogP contribution in [0.3, 0.4) is 0 Å². The van der Waals surface area contributed by atoms with Gasteiger partial charge in [0, 0.05) is 11.1 Å². The topological polar surface area (TPSA) is 64.0 Å². The van der Waals surface area contributed by atoms with Crippen molar-refractivity contribution in [2.45, 2.75) is 19.9 Å². The molecule has 1 aromatic heterocycles. The molecule has 0 spiro atoms. The van der Waals surface area contributed by atoms with E-state index >= 15 is 0 Å². The molecule has 0 radical (unpaired) electrons. The second kappa shape index (κ2) is 6.04. The zero-order valence-electron chi connectivity index (χ0n) is 13.0. The lowest BCUT2D eigenvalue weighted by atomic mass is 10.1. The molecule has 3 aromatic rings. The van der Waals surface area contributed by atoms with Crippen molar-refractivity contribution in [1.82, 2.24) is 9.78 Å². The van der Waals surface area contributed by atoms with E-state index in [1.165, 1.54) is 4.68 Å². The van der Waals surface area contributed by atoms with E-state index < -0.39 is 6.04 Å². The molecule has 0 fully saturated rings. The van der Waals surface area contributed by atoms with Crippen LogP contribution < -0.4 is 10.9 Å². The van der Waals surface area contributed by atoms with Crippen LogP contribution in [0.4, 0.5) is 5.69 Å². The fraction of sp³-hybridized carbons (Fsp3) is 0.167. The number of aryl methyl sites for hydroxylation is 1. The molecule has 5 nitrogen and oxygen atoms in total. The third kappa shape index (κ3) is 2.85. The molecule has 5 heteroatoms. The zero-order chi connectivity index (χ0) is 16.4. The van der Waals surface area contributed by atoms with Crippen LogP contribution in [0.15, 0.2) is 59.4 Å². The van der Waals surface area contributed by atoms with E-state index in [1.54, 1.807) is 25.1 Å². The van der Waals surface area contributed by atoms with Crippen molar-refractivity contribution < 1.29 is 4.79 Å². The standard InChI is InChI=1S/C18H17N3O2/c1-12-15-10-6-7-11-16(15)18(23)21(20-12)13(2)17(22)19-14-8-4-3-5-9-14/h3-11,13H,1-2H3,(H,19,22)/t13-/m0/s1. The average Bonchev–Trinajstić information content (AvgIpc) is 2.58. The Balaban J connectivity index is 1.98. The van der Waals surface area contributed by atoms with Crippen molar-refractivity contribution in [1.29, 1.82) is 0 Å². The first-order valence-corrected chi connectivity index (χ1v) is 7.42. The number of anilines is 1. The first-order valence-electron chi connectivity index (χ1n) is 7.42. The Morgan fingerprint density at radius 3 is 2.35 bits per heavy atom. The number of carbonyl (C=O) groups is 1. The van der Waals surface area contributed by atoms with Gasteiger partial charge in [-0.25, -0.2) is 4.68 Å². The lowest BCUT2D eigenvalue weighted by molar-refractivity contribution is -0.119. The maximum Gasteiger partial charge on any atom is 0.275 e. The second-order valence-electron chi connectivity index (χ2n) is 5.41. The minimum absolute atomic E-state index is 0.262. The number of carbonyl (C=O) groups excluding carboxylic acids is 1. The molecule has 1 heterocycles. The summed E-state index contributed by atoms with van der Waals surface area (Å²) in [5, 5.41) is 8.48. The van der Waals surface area contributed by atoms with Gasteiger partial charge in [0.05, 0.1) is 11.1 Å². The van der Waals surface area contributed by atoms with Crippen LogP contribution in [0, 0.1) is 6.92 Å². The molecule has 1 atom stereocenters. The van der Waals surface area contributed by atoms with Gasteiger partial charge < -0.3 is 5.32 Å². The maximum absolute atomic E-state index is 12.6. The molecule has 2 aromatic carbocycles. The molecular formula is C18H17N3O2. The number of hydrogen-bond acceptors (Lipinski definition) is 3. The third-order valence-corrected chi connectivity index (χ3v) is 3.80. The largest absolute Gasteiger partial charge is 0.324 e. The van der Waals surface area contributed by atoms with Gasteiger partial charge in [0.15, 0.2) is 0 Å². The molecular weight excluding hydrogens is 290 g/mol. The van der Waals surface area contributed by atoms with Crippen molar-refractivity contribution >= 4 is 22.4 Å². The highest BCUT2D eigenvalue weighted by atomic mass is 16.2. The van der Waals surface area contributed by atoms with Crippen LogP contribution >= 0.6 is 0 Å². The molecule has 0 aliphatic heterocycles. The molecule has 1 N–H and O–H groups in total. The number of rotatable bonds is 3. The SMILES string of the molecule is Cc1nn([C@@H](C)C(=O)Nc2ccccc2)c(=O)c2ccccc12. The predicted molar refractivity (Wildman–Crippen MR) is 90.5 cm³/mol. The highest BCUT2D eigenvalue weighted by Gasteiger charge is 2.19. The number of aromatic nitrogens is 2. The number of fused-ring (bicyclic) bond motifs is 1. The van der Waals surface area contributed by atoms with Crippen LogP contribution in [0.5, 0.6) is 0 Å². The number of hydrogen-bond donors (Lipinski definition) is 1. The summed E-state index contributed by atoms with van der Waals surface area (Å²) in [6, 6.07) is 15.7. The van der Waals surface area contributed by atoms with Gasteiger partial charge in [-0.2, -0.15) is 5.10 Å². The molecule has 0 saturated carbocycles. The Kier molecular flexibility index (Phi) is 3.93. The molecule has 0 aliphatic carbocycles. The predicted octanol–water partition coefficient (Wildman–Crippen LogP) is 2.90. The van der Waals surface area contributed by atoms with Gasteiger partial charge in [-0.1, -0.05) is 36.4 Å². The molecule has 1 amide bonds. The van der Waals surface area contributed by atoms with Crippen LogP contribution in [0.25, 0.3) is 10.8 Å². The number of amides is 1. The lowest BCUT2D eigenvalue weighted by Crippen LogP contribution is -2.34. The minimum atomic E-state index is -0.703. The number of nitrogens with zero attached hydrogens (tertiary/aromatic N) is 2. The van der Waals surface area contributed by atoms with E-state index in [9.17, 15) is 9.59 Å². The highest BCUT2D eigenvalue weighted by Crippen LogP contribution is 2.15. The van der Waals surface area contributed by atoms with Crippen molar-refractivity contribution in [2.24, 2.45) is 0 Å². The number of nitrogens with one attached hydrogen (secondary N) is 1. The molecule has 0 bridgehead atoms. The third-order valence-electron chi connectivity index (χ3n) is 3.80. The molecule has 116 valence electrons. The van der Waals surface area contributed by atoms with Crippen LogP contribution in [0.1, 0.15) is 18.7 Å². The quantitative estimate of drug-likeness (QED) is 0.809. The first-order chi connectivity index (χ1) is 11.1. The van der Waals surface area contributed by atoms with E-state index in [0.29, 0.717) is 11.1 Å². The second-order valence-corrected chi connectivity index (χ2v) is 5.41. The Morgan fingerprint density at radius 2 is 1.65 bits per heavy atom. The van der Waals surface area contributed by atoms with E-state index in [4.69, 9.17) is 0 Å². The van der Waals surface area contributed by atoms with Crippen LogP contribution in [-0.2, 0) is 4.79 Å². The summed E-state index contributed by atoms with van der Waals surface area (Å²) < 4.78 is 1.25. The number of para-hydroxylation sites is 1. The molecule has 3 rings (SSSR count). The van der Waals surface area contributed by atoms with Crippen molar-refractivity contribution in [3.63, 3.8) is 0 Å². The molecule has 0 aliphatic rings. The van der Waals surface area contributed by atoms with E-state index in [2.05, 4.69) is 10.4 Å². The first kappa shape index (κ1) is 15.0. The molecule has 23 heavy (non-hydrogen) atoms. The lowest BCUT2D eigenvalue weighted by Gasteiger charge is -2.15. The fourth-order valence-corrected chi connectivity index (χ4v) is 2.51. The van der Waals surface area contributed by atoms with E-state index in [0.717, 1.165) is 11.1 Å². The normalized spacial score (nSPS) is 12.1. The highest BCUT2D eigenvalue weighted by molar-refractivity contribution is 5.93. The van der Waals surface area contributed by atoms with E-state index in [1.807, 2.05) is 43.3 Å². The Morgan fingerprint density at radius 1 is 1.04 bits per heavy atom. The summed E-state index contributed by atoms with van der Waals surface area (Å²) in [6.07, 6.45) is 0. The average molecular weight is 307 g/mol. The fourth-order valence-electron chi connectivity index (χ4n) is 2.51. The Labute approximate surface area is 133 Å². The molecule has 0 unspecified atom stereocenters. The smallest absolute Gasteiger partial charge is 0.275 e. The zero-order valence-corrected chi connectivity index (χ0v) is 13.0. The summed E-state index contributed by atoms with van der Waals surface area (Å²) in [5.74, 6) is -0.277. The van der Waals surface area contributed by atoms with Crippen molar-refractivity contribution in [3.05, 3.63) is 70.6 Å². The van der Waals surface area contributed by atoms with Crippen molar-refractivity contribution in [2.75, 3.05) is 5.32 Å².